The molecule has 1 fully saturated rings. The molecule has 7 heteroatoms. The summed E-state index contributed by atoms with van der Waals surface area (Å²) < 4.78 is 13.5. The second kappa shape index (κ2) is 8.42. The molecule has 0 heterocycles. The molecule has 0 aromatic heterocycles. The lowest BCUT2D eigenvalue weighted by Crippen LogP contribution is -2.52. The third-order valence-electron chi connectivity index (χ3n) is 4.14. The first-order valence-corrected chi connectivity index (χ1v) is 8.14. The molecule has 0 bridgehead atoms. The Morgan fingerprint density at radius 1 is 1.08 bits per heavy atom. The molecule has 1 aliphatic carbocycles. The average Bonchev–Trinajstić information content (AvgIpc) is 2.60. The fraction of sp³-hybridized carbons (Fsp3) is 0.471. The van der Waals surface area contributed by atoms with Gasteiger partial charge in [-0.1, -0.05) is 31.4 Å². The second-order valence-electron chi connectivity index (χ2n) is 5.99. The molecule has 6 nitrogen and oxygen atoms in total. The molecule has 1 aromatic rings. The molecular weight excluding hydrogens is 313 g/mol. The Balaban J connectivity index is 1.80. The Kier molecular flexibility index (Phi) is 6.28. The quantitative estimate of drug-likeness (QED) is 0.732. The maximum absolute atomic E-state index is 13.5. The highest BCUT2D eigenvalue weighted by Gasteiger charge is 2.23. The Morgan fingerprint density at radius 2 is 1.75 bits per heavy atom. The van der Waals surface area contributed by atoms with Crippen molar-refractivity contribution in [1.82, 2.24) is 16.2 Å². The zero-order valence-electron chi connectivity index (χ0n) is 13.6. The number of carbonyl (C=O) groups excluding carboxylic acids is 3. The molecule has 1 atom stereocenters. The molecular formula is C17H22FN3O3. The van der Waals surface area contributed by atoms with E-state index in [0.29, 0.717) is 0 Å². The summed E-state index contributed by atoms with van der Waals surface area (Å²) in [4.78, 5) is 35.8. The van der Waals surface area contributed by atoms with E-state index in [1.165, 1.54) is 31.2 Å². The van der Waals surface area contributed by atoms with Gasteiger partial charge in [-0.15, -0.1) is 0 Å². The summed E-state index contributed by atoms with van der Waals surface area (Å²) in [6.45, 7) is 1.46. The molecule has 3 amide bonds. The fourth-order valence-corrected chi connectivity index (χ4v) is 2.68. The minimum atomic E-state index is -0.913. The predicted molar refractivity (Wildman–Crippen MR) is 86.2 cm³/mol. The number of rotatable bonds is 4. The third kappa shape index (κ3) is 4.78. The monoisotopic (exact) mass is 335 g/mol. The molecule has 0 radical (unpaired) electrons. The lowest BCUT2D eigenvalue weighted by atomic mass is 9.89. The van der Waals surface area contributed by atoms with Crippen molar-refractivity contribution < 1.29 is 18.8 Å². The van der Waals surface area contributed by atoms with Crippen LogP contribution < -0.4 is 16.2 Å². The van der Waals surface area contributed by atoms with E-state index < -0.39 is 23.7 Å². The zero-order chi connectivity index (χ0) is 17.5. The van der Waals surface area contributed by atoms with Gasteiger partial charge in [0.1, 0.15) is 11.9 Å². The lowest BCUT2D eigenvalue weighted by molar-refractivity contribution is -0.132. The molecule has 0 unspecified atom stereocenters. The van der Waals surface area contributed by atoms with E-state index in [9.17, 15) is 18.8 Å². The number of benzene rings is 1. The summed E-state index contributed by atoms with van der Waals surface area (Å²) >= 11 is 0. The Labute approximate surface area is 140 Å². The highest BCUT2D eigenvalue weighted by atomic mass is 19.1. The first kappa shape index (κ1) is 17.9. The topological polar surface area (TPSA) is 87.3 Å². The smallest absolute Gasteiger partial charge is 0.260 e. The average molecular weight is 335 g/mol. The summed E-state index contributed by atoms with van der Waals surface area (Å²) in [5.74, 6) is -2.20. The van der Waals surface area contributed by atoms with Crippen LogP contribution in [0.15, 0.2) is 24.3 Å². The van der Waals surface area contributed by atoms with Gasteiger partial charge in [-0.25, -0.2) is 4.39 Å². The first-order valence-electron chi connectivity index (χ1n) is 8.14. The van der Waals surface area contributed by atoms with Crippen LogP contribution in [-0.4, -0.2) is 23.8 Å². The number of amides is 3. The zero-order valence-corrected chi connectivity index (χ0v) is 13.6. The number of nitrogens with one attached hydrogen (secondary N) is 3. The van der Waals surface area contributed by atoms with Gasteiger partial charge in [0.2, 0.25) is 5.91 Å². The lowest BCUT2D eigenvalue weighted by Gasteiger charge is -2.21. The second-order valence-corrected chi connectivity index (χ2v) is 5.99. The largest absolute Gasteiger partial charge is 0.340 e. The third-order valence-corrected chi connectivity index (χ3v) is 4.14. The summed E-state index contributed by atoms with van der Waals surface area (Å²) in [7, 11) is 0. The molecule has 24 heavy (non-hydrogen) atoms. The van der Waals surface area contributed by atoms with E-state index >= 15 is 0 Å². The molecule has 1 aliphatic rings. The van der Waals surface area contributed by atoms with Crippen molar-refractivity contribution in [3.05, 3.63) is 35.6 Å². The minimum Gasteiger partial charge on any atom is -0.340 e. The van der Waals surface area contributed by atoms with Crippen LogP contribution in [0.3, 0.4) is 0 Å². The van der Waals surface area contributed by atoms with Crippen LogP contribution in [0.1, 0.15) is 49.4 Å². The summed E-state index contributed by atoms with van der Waals surface area (Å²) in [5, 5.41) is 2.40. The summed E-state index contributed by atoms with van der Waals surface area (Å²) in [6.07, 6.45) is 4.81. The Hall–Kier alpha value is -2.44. The molecule has 3 N–H and O–H groups in total. The number of hydrogen-bond acceptors (Lipinski definition) is 3. The Morgan fingerprint density at radius 3 is 2.42 bits per heavy atom. The van der Waals surface area contributed by atoms with Crippen LogP contribution >= 0.6 is 0 Å². The summed E-state index contributed by atoms with van der Waals surface area (Å²) in [6, 6.07) is 4.60. The van der Waals surface area contributed by atoms with Crippen molar-refractivity contribution in [3.8, 4) is 0 Å². The number of hydrogen-bond donors (Lipinski definition) is 3. The SMILES string of the molecule is C[C@H](NC(=O)c1ccccc1F)C(=O)NNC(=O)C1CCCCC1. The van der Waals surface area contributed by atoms with E-state index in [0.717, 1.165) is 32.1 Å². The van der Waals surface area contributed by atoms with Crippen LogP contribution in [0, 0.1) is 11.7 Å². The molecule has 2 rings (SSSR count). The van der Waals surface area contributed by atoms with Gasteiger partial charge in [0, 0.05) is 5.92 Å². The Bertz CT molecular complexity index is 615. The van der Waals surface area contributed by atoms with E-state index in [4.69, 9.17) is 0 Å². The van der Waals surface area contributed by atoms with Gasteiger partial charge < -0.3 is 5.32 Å². The van der Waals surface area contributed by atoms with Crippen molar-refractivity contribution in [1.29, 1.82) is 0 Å². The van der Waals surface area contributed by atoms with Gasteiger partial charge in [0.25, 0.3) is 11.8 Å². The molecule has 0 aliphatic heterocycles. The number of hydrazine groups is 1. The fourth-order valence-electron chi connectivity index (χ4n) is 2.68. The van der Waals surface area contributed by atoms with E-state index in [1.807, 2.05) is 0 Å². The standard InChI is InChI=1S/C17H22FN3O3/c1-11(19-17(24)13-9-5-6-10-14(13)18)15(22)20-21-16(23)12-7-3-2-4-8-12/h5-6,9-12H,2-4,7-8H2,1H3,(H,19,24)(H,20,22)(H,21,23)/t11-/m0/s1. The van der Waals surface area contributed by atoms with Crippen LogP contribution in [0.4, 0.5) is 4.39 Å². The van der Waals surface area contributed by atoms with E-state index in [2.05, 4.69) is 16.2 Å². The number of halogens is 1. The summed E-state index contributed by atoms with van der Waals surface area (Å²) in [5.41, 5.74) is 4.56. The minimum absolute atomic E-state index is 0.0811. The van der Waals surface area contributed by atoms with Crippen LogP contribution in [0.2, 0.25) is 0 Å². The van der Waals surface area contributed by atoms with Crippen molar-refractivity contribution >= 4 is 17.7 Å². The van der Waals surface area contributed by atoms with E-state index in [1.54, 1.807) is 0 Å². The van der Waals surface area contributed by atoms with E-state index in [-0.39, 0.29) is 17.4 Å². The highest BCUT2D eigenvalue weighted by Crippen LogP contribution is 2.23. The molecule has 1 saturated carbocycles. The highest BCUT2D eigenvalue weighted by molar-refractivity contribution is 5.97. The van der Waals surface area contributed by atoms with Crippen LogP contribution in [-0.2, 0) is 9.59 Å². The molecule has 130 valence electrons. The van der Waals surface area contributed by atoms with Crippen LogP contribution in [0.5, 0.6) is 0 Å². The molecule has 1 aromatic carbocycles. The maximum Gasteiger partial charge on any atom is 0.260 e. The van der Waals surface area contributed by atoms with Crippen molar-refractivity contribution in [3.63, 3.8) is 0 Å². The maximum atomic E-state index is 13.5. The van der Waals surface area contributed by atoms with Crippen LogP contribution in [0.25, 0.3) is 0 Å². The molecule has 0 saturated heterocycles. The van der Waals surface area contributed by atoms with Gasteiger partial charge in [-0.05, 0) is 31.9 Å². The molecule has 0 spiro atoms. The van der Waals surface area contributed by atoms with Gasteiger partial charge in [-0.2, -0.15) is 0 Å². The van der Waals surface area contributed by atoms with Gasteiger partial charge in [0.15, 0.2) is 0 Å². The first-order chi connectivity index (χ1) is 11.5. The predicted octanol–water partition coefficient (Wildman–Crippen LogP) is 1.67. The van der Waals surface area contributed by atoms with Gasteiger partial charge in [0.05, 0.1) is 5.56 Å². The van der Waals surface area contributed by atoms with Crippen molar-refractivity contribution in [2.45, 2.75) is 45.1 Å². The normalized spacial score (nSPS) is 16.1. The van der Waals surface area contributed by atoms with Crippen molar-refractivity contribution in [2.75, 3.05) is 0 Å². The van der Waals surface area contributed by atoms with Crippen molar-refractivity contribution in [2.24, 2.45) is 5.92 Å². The van der Waals surface area contributed by atoms with Gasteiger partial charge in [-0.3, -0.25) is 25.2 Å². The number of carbonyl (C=O) groups is 3. The van der Waals surface area contributed by atoms with Gasteiger partial charge >= 0.3 is 0 Å².